The number of carbonyl (C=O) groups is 1. The van der Waals surface area contributed by atoms with Crippen LogP contribution in [0.25, 0.3) is 0 Å². The molecule has 1 aliphatic carbocycles. The summed E-state index contributed by atoms with van der Waals surface area (Å²) in [7, 11) is 1.88. The maximum absolute atomic E-state index is 12.4. The topological polar surface area (TPSA) is 60.2 Å². The van der Waals surface area contributed by atoms with Crippen molar-refractivity contribution in [1.29, 1.82) is 0 Å². The molecule has 1 fully saturated rings. The molecule has 1 amide bonds. The molecule has 0 aliphatic heterocycles. The highest BCUT2D eigenvalue weighted by Crippen LogP contribution is 2.30. The van der Waals surface area contributed by atoms with Gasteiger partial charge in [0.15, 0.2) is 11.0 Å². The fraction of sp³-hybridized carbons (Fsp3) is 0.550. The Balaban J connectivity index is 1.72. The molecule has 152 valence electrons. The zero-order valence-electron chi connectivity index (χ0n) is 16.6. The van der Waals surface area contributed by atoms with Gasteiger partial charge < -0.3 is 14.2 Å². The second-order valence-electron chi connectivity index (χ2n) is 6.98. The first-order valence-electron chi connectivity index (χ1n) is 9.74. The van der Waals surface area contributed by atoms with Gasteiger partial charge in [-0.3, -0.25) is 4.79 Å². The molecule has 28 heavy (non-hydrogen) atoms. The van der Waals surface area contributed by atoms with E-state index >= 15 is 0 Å². The van der Waals surface area contributed by atoms with Gasteiger partial charge >= 0.3 is 0 Å². The molecule has 1 aromatic heterocycles. The molecule has 1 saturated carbocycles. The lowest BCUT2D eigenvalue weighted by atomic mass is 10.2. The zero-order chi connectivity index (χ0) is 20.1. The number of thioether (sulfide) groups is 1. The van der Waals surface area contributed by atoms with Crippen LogP contribution in [0.5, 0.6) is 5.75 Å². The van der Waals surface area contributed by atoms with E-state index in [0.29, 0.717) is 22.6 Å². The number of benzene rings is 1. The molecule has 1 heterocycles. The Hall–Kier alpha value is -1.73. The van der Waals surface area contributed by atoms with E-state index < -0.39 is 0 Å². The van der Waals surface area contributed by atoms with E-state index in [1.54, 1.807) is 6.07 Å². The van der Waals surface area contributed by atoms with Crippen molar-refractivity contribution in [2.45, 2.75) is 63.4 Å². The number of halogens is 1. The fourth-order valence-corrected chi connectivity index (χ4v) is 4.26. The van der Waals surface area contributed by atoms with Crippen molar-refractivity contribution in [1.82, 2.24) is 19.7 Å². The average molecular weight is 423 g/mol. The molecule has 8 heteroatoms. The first kappa shape index (κ1) is 21.0. The Labute approximate surface area is 175 Å². The maximum Gasteiger partial charge on any atom is 0.233 e. The van der Waals surface area contributed by atoms with Crippen LogP contribution in [0.4, 0.5) is 0 Å². The van der Waals surface area contributed by atoms with Crippen LogP contribution >= 0.6 is 23.4 Å². The van der Waals surface area contributed by atoms with Gasteiger partial charge in [-0.05, 0) is 37.8 Å². The van der Waals surface area contributed by atoms with Gasteiger partial charge in [0.05, 0.1) is 10.8 Å². The van der Waals surface area contributed by atoms with Crippen LogP contribution in [0.2, 0.25) is 5.02 Å². The predicted octanol–water partition coefficient (Wildman–Crippen LogP) is 4.58. The third-order valence-corrected chi connectivity index (χ3v) is 6.29. The number of ether oxygens (including phenoxy) is 1. The summed E-state index contributed by atoms with van der Waals surface area (Å²) in [6.45, 7) is 4.57. The van der Waals surface area contributed by atoms with Gasteiger partial charge in [0.2, 0.25) is 5.91 Å². The number of nitrogens with zero attached hydrogens (tertiary/aromatic N) is 4. The minimum atomic E-state index is 0.139. The van der Waals surface area contributed by atoms with Crippen molar-refractivity contribution in [2.24, 2.45) is 0 Å². The molecule has 3 rings (SSSR count). The summed E-state index contributed by atoms with van der Waals surface area (Å²) >= 11 is 7.63. The second-order valence-corrected chi connectivity index (χ2v) is 8.33. The van der Waals surface area contributed by atoms with E-state index in [2.05, 4.69) is 28.6 Å². The van der Waals surface area contributed by atoms with Gasteiger partial charge in [-0.1, -0.05) is 49.3 Å². The van der Waals surface area contributed by atoms with Crippen LogP contribution in [0.1, 0.15) is 51.4 Å². The SMILES string of the molecule is CCC(CC)n1c(COc2ccccc2Cl)nnc1SCC(=O)N(C)C1CC1. The van der Waals surface area contributed by atoms with E-state index in [-0.39, 0.29) is 18.6 Å². The molecular weight excluding hydrogens is 396 g/mol. The van der Waals surface area contributed by atoms with Gasteiger partial charge in [0.1, 0.15) is 12.4 Å². The van der Waals surface area contributed by atoms with E-state index in [9.17, 15) is 4.79 Å². The number of aromatic nitrogens is 3. The van der Waals surface area contributed by atoms with E-state index in [1.807, 2.05) is 30.1 Å². The molecule has 0 atom stereocenters. The molecular formula is C20H27ClN4O2S. The zero-order valence-corrected chi connectivity index (χ0v) is 18.2. The second kappa shape index (κ2) is 9.65. The van der Waals surface area contributed by atoms with Crippen molar-refractivity contribution < 1.29 is 9.53 Å². The lowest BCUT2D eigenvalue weighted by Crippen LogP contribution is -2.30. The molecule has 0 bridgehead atoms. The van der Waals surface area contributed by atoms with Gasteiger partial charge in [-0.2, -0.15) is 0 Å². The van der Waals surface area contributed by atoms with Crippen LogP contribution in [-0.4, -0.2) is 44.4 Å². The van der Waals surface area contributed by atoms with Crippen molar-refractivity contribution in [3.05, 3.63) is 35.1 Å². The van der Waals surface area contributed by atoms with Gasteiger partial charge in [0, 0.05) is 19.1 Å². The molecule has 6 nitrogen and oxygen atoms in total. The number of para-hydroxylation sites is 1. The third kappa shape index (κ3) is 5.00. The standard InChI is InChI=1S/C20H27ClN4O2S/c1-4-14(5-2)25-18(12-27-17-9-7-6-8-16(17)21)22-23-20(25)28-13-19(26)24(3)15-10-11-15/h6-9,14-15H,4-5,10-13H2,1-3H3. The van der Waals surface area contributed by atoms with Crippen LogP contribution in [0.3, 0.4) is 0 Å². The average Bonchev–Trinajstić information content (AvgIpc) is 3.48. The molecule has 0 unspecified atom stereocenters. The quantitative estimate of drug-likeness (QED) is 0.524. The number of hydrogen-bond acceptors (Lipinski definition) is 5. The van der Waals surface area contributed by atoms with Crippen molar-refractivity contribution in [2.75, 3.05) is 12.8 Å². The highest BCUT2D eigenvalue weighted by atomic mass is 35.5. The van der Waals surface area contributed by atoms with Crippen molar-refractivity contribution in [3.8, 4) is 5.75 Å². The Morgan fingerprint density at radius 2 is 2.04 bits per heavy atom. The van der Waals surface area contributed by atoms with Crippen LogP contribution in [0, 0.1) is 0 Å². The Bertz CT molecular complexity index is 805. The summed E-state index contributed by atoms with van der Waals surface area (Å²) in [6, 6.07) is 8.07. The largest absolute Gasteiger partial charge is 0.484 e. The van der Waals surface area contributed by atoms with Gasteiger partial charge in [-0.15, -0.1) is 10.2 Å². The Morgan fingerprint density at radius 1 is 1.32 bits per heavy atom. The number of amides is 1. The highest BCUT2D eigenvalue weighted by molar-refractivity contribution is 7.99. The predicted molar refractivity (Wildman–Crippen MR) is 112 cm³/mol. The normalized spacial score (nSPS) is 13.8. The molecule has 0 radical (unpaired) electrons. The molecule has 1 aromatic carbocycles. The van der Waals surface area contributed by atoms with E-state index in [0.717, 1.165) is 36.7 Å². The summed E-state index contributed by atoms with van der Waals surface area (Å²) in [5, 5.41) is 10.0. The van der Waals surface area contributed by atoms with Crippen LogP contribution < -0.4 is 4.74 Å². The lowest BCUT2D eigenvalue weighted by molar-refractivity contribution is -0.127. The van der Waals surface area contributed by atoms with Gasteiger partial charge in [-0.25, -0.2) is 0 Å². The molecule has 2 aromatic rings. The van der Waals surface area contributed by atoms with E-state index in [4.69, 9.17) is 16.3 Å². The number of carbonyl (C=O) groups excluding carboxylic acids is 1. The molecule has 0 spiro atoms. The number of rotatable bonds is 10. The Kier molecular flexibility index (Phi) is 7.24. The molecule has 1 aliphatic rings. The van der Waals surface area contributed by atoms with Crippen LogP contribution in [-0.2, 0) is 11.4 Å². The van der Waals surface area contributed by atoms with Crippen molar-refractivity contribution in [3.63, 3.8) is 0 Å². The molecule has 0 saturated heterocycles. The molecule has 0 N–H and O–H groups in total. The summed E-state index contributed by atoms with van der Waals surface area (Å²) in [5.41, 5.74) is 0. The summed E-state index contributed by atoms with van der Waals surface area (Å²) < 4.78 is 8.00. The monoisotopic (exact) mass is 422 g/mol. The third-order valence-electron chi connectivity index (χ3n) is 5.05. The minimum absolute atomic E-state index is 0.139. The fourth-order valence-electron chi connectivity index (χ4n) is 3.12. The van der Waals surface area contributed by atoms with Crippen LogP contribution in [0.15, 0.2) is 29.4 Å². The minimum Gasteiger partial charge on any atom is -0.484 e. The number of hydrogen-bond donors (Lipinski definition) is 0. The summed E-state index contributed by atoms with van der Waals surface area (Å²) in [5.74, 6) is 1.88. The Morgan fingerprint density at radius 3 is 2.68 bits per heavy atom. The first-order chi connectivity index (χ1) is 13.5. The van der Waals surface area contributed by atoms with E-state index in [1.165, 1.54) is 11.8 Å². The smallest absolute Gasteiger partial charge is 0.233 e. The lowest BCUT2D eigenvalue weighted by Gasteiger charge is -2.20. The maximum atomic E-state index is 12.4. The highest BCUT2D eigenvalue weighted by Gasteiger charge is 2.30. The first-order valence-corrected chi connectivity index (χ1v) is 11.1. The summed E-state index contributed by atoms with van der Waals surface area (Å²) in [6.07, 6.45) is 4.13. The summed E-state index contributed by atoms with van der Waals surface area (Å²) in [4.78, 5) is 14.2. The van der Waals surface area contributed by atoms with Gasteiger partial charge in [0.25, 0.3) is 0 Å². The van der Waals surface area contributed by atoms with Crippen molar-refractivity contribution >= 4 is 29.3 Å².